The number of rotatable bonds is 18. The Hall–Kier alpha value is -3.96. The van der Waals surface area contributed by atoms with Gasteiger partial charge in [-0.15, -0.1) is 11.3 Å². The van der Waals surface area contributed by atoms with Gasteiger partial charge in [0.05, 0.1) is 60.2 Å². The van der Waals surface area contributed by atoms with E-state index in [-0.39, 0.29) is 36.2 Å². The molecular weight excluding hydrogens is 915 g/mol. The molecule has 15 nitrogen and oxygen atoms in total. The Labute approximate surface area is 421 Å². The van der Waals surface area contributed by atoms with Crippen molar-refractivity contribution in [2.75, 3.05) is 52.0 Å². The van der Waals surface area contributed by atoms with E-state index in [9.17, 15) is 18.0 Å². The highest BCUT2D eigenvalue weighted by molar-refractivity contribution is 7.92. The number of hydrogen-bond donors (Lipinski definition) is 5. The van der Waals surface area contributed by atoms with Gasteiger partial charge in [0.1, 0.15) is 11.5 Å². The van der Waals surface area contributed by atoms with E-state index in [2.05, 4.69) is 71.5 Å². The SMILES string of the molecule is CC.CC(=O)O.CCCCCCCC(C)CNC.COC1=CC2N=C(c3csc(NC(C)C)n3)CC=C(OC)C2C=C1.C[C@@H]1CCCN1C(=O)CNC(=O)NC1(CS(=O)(=O)C(C)(C)C)CCCCC1. The predicted molar refractivity (Wildman–Crippen MR) is 286 cm³/mol. The van der Waals surface area contributed by atoms with E-state index in [0.29, 0.717) is 25.3 Å². The van der Waals surface area contributed by atoms with Gasteiger partial charge in [-0.2, -0.15) is 0 Å². The highest BCUT2D eigenvalue weighted by Gasteiger charge is 2.42. The lowest BCUT2D eigenvalue weighted by Crippen LogP contribution is -2.59. The first-order valence-corrected chi connectivity index (χ1v) is 28.0. The lowest BCUT2D eigenvalue weighted by molar-refractivity contribution is -0.134. The Balaban J connectivity index is 0.000000517. The normalized spacial score (nSPS) is 19.8. The van der Waals surface area contributed by atoms with Crippen LogP contribution in [0.25, 0.3) is 0 Å². The Kier molecular flexibility index (Phi) is 30.0. The fourth-order valence-corrected chi connectivity index (χ4v) is 10.7. The molecule has 3 amide bonds. The van der Waals surface area contributed by atoms with E-state index in [1.807, 2.05) is 40.0 Å². The molecule has 1 saturated carbocycles. The van der Waals surface area contributed by atoms with Crippen LogP contribution in [0.2, 0.25) is 0 Å². The molecule has 0 bridgehead atoms. The minimum absolute atomic E-state index is 0.0307. The maximum atomic E-state index is 12.8. The summed E-state index contributed by atoms with van der Waals surface area (Å²) in [5.74, 6) is 1.76. The van der Waals surface area contributed by atoms with Gasteiger partial charge in [0, 0.05) is 37.4 Å². The van der Waals surface area contributed by atoms with Crippen LogP contribution >= 0.6 is 11.3 Å². The van der Waals surface area contributed by atoms with Gasteiger partial charge in [-0.1, -0.05) is 85.1 Å². The number of carbonyl (C=O) groups is 3. The number of carboxylic acid groups (broad SMARTS) is 1. The molecule has 1 aromatic rings. The molecule has 0 spiro atoms. The molecule has 5 rings (SSSR count). The summed E-state index contributed by atoms with van der Waals surface area (Å²) in [6, 6.07) is 0.0853. The number of hydrogen-bond acceptors (Lipinski definition) is 12. The summed E-state index contributed by atoms with van der Waals surface area (Å²) in [5, 5.41) is 22.5. The fraction of sp³-hybridized carbons (Fsp3) is 0.750. The summed E-state index contributed by atoms with van der Waals surface area (Å²) < 4.78 is 35.6. The van der Waals surface area contributed by atoms with Crippen LogP contribution in [-0.2, 0) is 28.9 Å². The van der Waals surface area contributed by atoms with Gasteiger partial charge in [-0.3, -0.25) is 14.6 Å². The molecule has 0 aromatic carbocycles. The van der Waals surface area contributed by atoms with Crippen molar-refractivity contribution in [3.8, 4) is 0 Å². The first kappa shape index (κ1) is 63.1. The second-order valence-electron chi connectivity index (χ2n) is 19.6. The highest BCUT2D eigenvalue weighted by Crippen LogP contribution is 2.33. The second-order valence-corrected chi connectivity index (χ2v) is 23.2. The van der Waals surface area contributed by atoms with E-state index in [1.54, 1.807) is 51.2 Å². The number of nitrogens with one attached hydrogen (secondary N) is 4. The molecular formula is C52H93N7O8S2. The lowest BCUT2D eigenvalue weighted by Gasteiger charge is -2.39. The van der Waals surface area contributed by atoms with E-state index >= 15 is 0 Å². The number of aliphatic carboxylic acids is 1. The van der Waals surface area contributed by atoms with Crippen LogP contribution in [0, 0.1) is 11.8 Å². The first-order valence-electron chi connectivity index (χ1n) is 25.5. The quantitative estimate of drug-likeness (QED) is 0.0877. The summed E-state index contributed by atoms with van der Waals surface area (Å²) >= 11 is 1.61. The number of ether oxygens (including phenoxy) is 2. The number of nitrogens with zero attached hydrogens (tertiary/aromatic N) is 3. The van der Waals surface area contributed by atoms with E-state index in [0.717, 1.165) is 79.5 Å². The van der Waals surface area contributed by atoms with E-state index < -0.39 is 32.1 Å². The number of fused-ring (bicyclic) bond motifs is 1. The van der Waals surface area contributed by atoms with Crippen molar-refractivity contribution in [1.29, 1.82) is 0 Å². The van der Waals surface area contributed by atoms with Gasteiger partial charge in [0.25, 0.3) is 5.97 Å². The van der Waals surface area contributed by atoms with Crippen molar-refractivity contribution >= 4 is 49.9 Å². The summed E-state index contributed by atoms with van der Waals surface area (Å²) in [4.78, 5) is 45.2. The number of sulfone groups is 1. The number of amides is 3. The molecule has 4 aliphatic rings. The van der Waals surface area contributed by atoms with Gasteiger partial charge < -0.3 is 40.7 Å². The number of carboxylic acids is 1. The number of carbonyl (C=O) groups excluding carboxylic acids is 2. The largest absolute Gasteiger partial charge is 0.501 e. The van der Waals surface area contributed by atoms with Crippen molar-refractivity contribution in [3.05, 3.63) is 46.9 Å². The molecule has 17 heteroatoms. The van der Waals surface area contributed by atoms with Crippen LogP contribution in [0.5, 0.6) is 0 Å². The minimum atomic E-state index is -3.37. The predicted octanol–water partition coefficient (Wildman–Crippen LogP) is 10.3. The van der Waals surface area contributed by atoms with Crippen molar-refractivity contribution in [1.82, 2.24) is 25.8 Å². The third kappa shape index (κ3) is 23.7. The average Bonchev–Trinajstić information content (AvgIpc) is 3.89. The van der Waals surface area contributed by atoms with Crippen molar-refractivity contribution < 1.29 is 37.4 Å². The standard InChI is InChI=1S/C19H35N3O4S.C18H23N3O2S.C11H25N.C2H4O2.C2H6/c1-15-9-8-12-22(15)16(23)13-20-17(24)21-19(10-6-5-7-11-19)14-27(25,26)18(2,3)4;1-11(2)19-18-21-16(10-24-18)14-7-8-17(23-4)13-6-5-12(22-3)9-15(13)20-14;1-4-5-6-7-8-9-11(2)10-12-3;1-2(3)4;1-2/h15H,5-14H2,1-4H3,(H2,20,21,24);5-6,8-11,13,15H,7H2,1-4H3,(H,19,21);11-12H,4-10H2,1-3H3;1H3,(H,3,4);1-2H3/t15-;;;;/m1..../s1. The molecule has 396 valence electrons. The first-order chi connectivity index (χ1) is 32.6. The molecule has 3 unspecified atom stereocenters. The molecule has 2 aliphatic carbocycles. The highest BCUT2D eigenvalue weighted by atomic mass is 32.2. The summed E-state index contributed by atoms with van der Waals surface area (Å²) in [6.07, 6.45) is 23.5. The molecule has 4 atom stereocenters. The number of urea groups is 1. The minimum Gasteiger partial charge on any atom is -0.501 e. The molecule has 0 radical (unpaired) electrons. The van der Waals surface area contributed by atoms with Gasteiger partial charge in [0.2, 0.25) is 5.91 Å². The summed E-state index contributed by atoms with van der Waals surface area (Å²) in [5.41, 5.74) is 1.16. The zero-order chi connectivity index (χ0) is 52.2. The molecule has 5 N–H and O–H groups in total. The molecule has 1 saturated heterocycles. The van der Waals surface area contributed by atoms with Gasteiger partial charge in [-0.05, 0) is 111 Å². The Morgan fingerprint density at radius 2 is 1.67 bits per heavy atom. The number of aromatic nitrogens is 1. The molecule has 3 heterocycles. The monoisotopic (exact) mass is 1010 g/mol. The Morgan fingerprint density at radius 3 is 2.22 bits per heavy atom. The molecule has 1 aromatic heterocycles. The molecule has 2 aliphatic heterocycles. The molecule has 69 heavy (non-hydrogen) atoms. The number of thiazole rings is 1. The third-order valence-corrected chi connectivity index (χ3v) is 15.8. The maximum absolute atomic E-state index is 12.8. The van der Waals surface area contributed by atoms with Crippen molar-refractivity contribution in [2.24, 2.45) is 16.8 Å². The number of anilines is 1. The van der Waals surface area contributed by atoms with E-state index in [1.165, 1.54) is 45.1 Å². The zero-order valence-corrected chi connectivity index (χ0v) is 46.6. The van der Waals surface area contributed by atoms with Crippen molar-refractivity contribution in [2.45, 2.75) is 194 Å². The van der Waals surface area contributed by atoms with Gasteiger partial charge in [-0.25, -0.2) is 18.2 Å². The average molecular weight is 1010 g/mol. The number of likely N-dealkylation sites (tertiary alicyclic amines) is 1. The number of methoxy groups -OCH3 is 2. The van der Waals surface area contributed by atoms with Crippen LogP contribution in [0.4, 0.5) is 9.93 Å². The summed E-state index contributed by atoms with van der Waals surface area (Å²) in [7, 11) is 2.05. The zero-order valence-electron chi connectivity index (χ0n) is 45.0. The number of aliphatic imine (C=N–C) groups is 1. The Morgan fingerprint density at radius 1 is 1.01 bits per heavy atom. The van der Waals surface area contributed by atoms with Crippen LogP contribution in [-0.4, -0.2) is 122 Å². The lowest BCUT2D eigenvalue weighted by atomic mass is 9.83. The number of unbranched alkanes of at least 4 members (excludes halogenated alkanes) is 4. The summed E-state index contributed by atoms with van der Waals surface area (Å²) in [6.45, 7) is 22.8. The topological polar surface area (TPSA) is 201 Å². The van der Waals surface area contributed by atoms with E-state index in [4.69, 9.17) is 24.4 Å². The fourth-order valence-electron chi connectivity index (χ4n) is 8.34. The smallest absolute Gasteiger partial charge is 0.315 e. The second kappa shape index (κ2) is 32.8. The number of allylic oxidation sites excluding steroid dienone is 2. The van der Waals surface area contributed by atoms with Crippen LogP contribution < -0.4 is 21.3 Å². The molecule has 2 fully saturated rings. The van der Waals surface area contributed by atoms with Crippen LogP contribution in [0.3, 0.4) is 0 Å². The maximum Gasteiger partial charge on any atom is 0.315 e. The van der Waals surface area contributed by atoms with Gasteiger partial charge in [0.15, 0.2) is 15.0 Å². The van der Waals surface area contributed by atoms with Gasteiger partial charge >= 0.3 is 6.03 Å². The van der Waals surface area contributed by atoms with Crippen LogP contribution in [0.15, 0.2) is 46.2 Å². The Bertz CT molecular complexity index is 1890. The third-order valence-electron chi connectivity index (χ3n) is 12.2. The van der Waals surface area contributed by atoms with Crippen molar-refractivity contribution in [3.63, 3.8) is 0 Å². The van der Waals surface area contributed by atoms with Crippen LogP contribution in [0.1, 0.15) is 172 Å².